The van der Waals surface area contributed by atoms with Crippen molar-refractivity contribution in [2.75, 3.05) is 18.9 Å². The highest BCUT2D eigenvalue weighted by molar-refractivity contribution is 7.51. The molecule has 0 spiro atoms. The van der Waals surface area contributed by atoms with E-state index in [9.17, 15) is 19.0 Å². The molecule has 12 heteroatoms. The van der Waals surface area contributed by atoms with Crippen molar-refractivity contribution in [1.29, 1.82) is 0 Å². The van der Waals surface area contributed by atoms with Gasteiger partial charge in [-0.1, -0.05) is 51.1 Å². The second-order valence-electron chi connectivity index (χ2n) is 8.65. The molecule has 1 aliphatic rings. The minimum atomic E-state index is -4.47. The number of nitrogens with one attached hydrogen (secondary N) is 1. The normalized spacial score (nSPS) is 20.8. The van der Waals surface area contributed by atoms with Crippen LogP contribution in [-0.4, -0.2) is 39.9 Å². The minimum absolute atomic E-state index is 0.00819. The monoisotopic (exact) mass is 508 g/mol. The third-order valence-corrected chi connectivity index (χ3v) is 7.42. The van der Waals surface area contributed by atoms with Crippen molar-refractivity contribution in [3.63, 3.8) is 0 Å². The Balaban J connectivity index is 1.54. The zero-order chi connectivity index (χ0) is 25.6. The first-order valence-electron chi connectivity index (χ1n) is 11.6. The summed E-state index contributed by atoms with van der Waals surface area (Å²) < 4.78 is 29.7. The molecule has 1 amide bonds. The van der Waals surface area contributed by atoms with E-state index in [1.165, 1.54) is 16.8 Å². The summed E-state index contributed by atoms with van der Waals surface area (Å²) in [6, 6.07) is 11.4. The number of hydrogen-bond donors (Lipinski definition) is 3. The standard InChI is InChI=1S/C23H33N4O7P/c1-4-23(5-2,17-9-7-6-8-10-17)13-16(3)21(28)26-35(30,31)33-15-20-32-14-19(34-20)27-12-11-18(24)25-22(27)29/h6-12,16,19-20H,4-5,13-15H2,1-3H3,(H2,24,25,29)(H2,26,28,30,31)/t16-,19+,20+/m1/s1. The first kappa shape index (κ1) is 27.0. The summed E-state index contributed by atoms with van der Waals surface area (Å²) in [6.07, 6.45) is 1.78. The molecule has 35 heavy (non-hydrogen) atoms. The molecule has 4 N–H and O–H groups in total. The fourth-order valence-corrected chi connectivity index (χ4v) is 5.19. The number of aromatic nitrogens is 2. The van der Waals surface area contributed by atoms with E-state index < -0.39 is 44.4 Å². The van der Waals surface area contributed by atoms with E-state index in [1.807, 2.05) is 30.3 Å². The Kier molecular flexibility index (Phi) is 8.84. The molecule has 1 aliphatic heterocycles. The molecule has 2 heterocycles. The van der Waals surface area contributed by atoms with Gasteiger partial charge in [0.2, 0.25) is 5.91 Å². The Hall–Kier alpha value is -2.56. The lowest BCUT2D eigenvalue weighted by molar-refractivity contribution is -0.124. The van der Waals surface area contributed by atoms with Crippen LogP contribution in [0.5, 0.6) is 0 Å². The number of benzene rings is 1. The van der Waals surface area contributed by atoms with Crippen molar-refractivity contribution < 1.29 is 28.3 Å². The number of carbonyl (C=O) groups is 1. The average molecular weight is 509 g/mol. The largest absolute Gasteiger partial charge is 0.432 e. The summed E-state index contributed by atoms with van der Waals surface area (Å²) in [5.41, 5.74) is 5.77. The van der Waals surface area contributed by atoms with E-state index in [-0.39, 0.29) is 17.8 Å². The zero-order valence-electron chi connectivity index (χ0n) is 20.1. The van der Waals surface area contributed by atoms with Gasteiger partial charge in [-0.15, -0.1) is 0 Å². The van der Waals surface area contributed by atoms with Gasteiger partial charge in [0.05, 0.1) is 6.61 Å². The fraction of sp³-hybridized carbons (Fsp3) is 0.522. The number of nitrogens with zero attached hydrogens (tertiary/aromatic N) is 2. The molecule has 0 aliphatic carbocycles. The highest BCUT2D eigenvalue weighted by Gasteiger charge is 2.36. The molecular weight excluding hydrogens is 475 g/mol. The van der Waals surface area contributed by atoms with Crippen LogP contribution in [0.2, 0.25) is 0 Å². The Bertz CT molecular complexity index is 1110. The van der Waals surface area contributed by atoms with E-state index in [1.54, 1.807) is 6.92 Å². The van der Waals surface area contributed by atoms with Gasteiger partial charge in [-0.2, -0.15) is 4.98 Å². The molecule has 1 aromatic heterocycles. The number of nitrogen functional groups attached to an aromatic ring is 1. The molecule has 3 rings (SSSR count). The number of nitrogens with two attached hydrogens (primary N) is 1. The predicted octanol–water partition coefficient (Wildman–Crippen LogP) is 2.71. The second-order valence-corrected chi connectivity index (χ2v) is 10.2. The van der Waals surface area contributed by atoms with Gasteiger partial charge in [0.15, 0.2) is 12.5 Å². The molecule has 1 unspecified atom stereocenters. The summed E-state index contributed by atoms with van der Waals surface area (Å²) in [6.45, 7) is 5.46. The van der Waals surface area contributed by atoms with Crippen LogP contribution in [-0.2, 0) is 28.8 Å². The van der Waals surface area contributed by atoms with Crippen molar-refractivity contribution >= 4 is 19.5 Å². The lowest BCUT2D eigenvalue weighted by Crippen LogP contribution is -2.35. The Morgan fingerprint density at radius 2 is 2.03 bits per heavy atom. The topological polar surface area (TPSA) is 155 Å². The maximum atomic E-state index is 12.8. The average Bonchev–Trinajstić information content (AvgIpc) is 3.30. The third-order valence-electron chi connectivity index (χ3n) is 6.42. The lowest BCUT2D eigenvalue weighted by atomic mass is 9.70. The van der Waals surface area contributed by atoms with E-state index >= 15 is 0 Å². The molecule has 192 valence electrons. The highest BCUT2D eigenvalue weighted by atomic mass is 31.2. The molecule has 4 atom stereocenters. The zero-order valence-corrected chi connectivity index (χ0v) is 21.0. The van der Waals surface area contributed by atoms with Gasteiger partial charge in [-0.3, -0.25) is 19.0 Å². The van der Waals surface area contributed by atoms with Crippen LogP contribution in [0.1, 0.15) is 51.8 Å². The van der Waals surface area contributed by atoms with Crippen molar-refractivity contribution in [2.24, 2.45) is 5.92 Å². The molecular formula is C23H33N4O7P. The smallest absolute Gasteiger partial charge is 0.383 e. The van der Waals surface area contributed by atoms with Crippen LogP contribution in [0.25, 0.3) is 0 Å². The Morgan fingerprint density at radius 3 is 2.66 bits per heavy atom. The van der Waals surface area contributed by atoms with E-state index in [2.05, 4.69) is 23.9 Å². The molecule has 1 aromatic carbocycles. The summed E-state index contributed by atoms with van der Waals surface area (Å²) in [4.78, 5) is 38.5. The van der Waals surface area contributed by atoms with Crippen LogP contribution in [0.15, 0.2) is 47.4 Å². The van der Waals surface area contributed by atoms with Crippen molar-refractivity contribution in [1.82, 2.24) is 14.6 Å². The molecule has 2 aromatic rings. The molecule has 0 saturated carbocycles. The van der Waals surface area contributed by atoms with Crippen molar-refractivity contribution in [2.45, 2.75) is 58.0 Å². The van der Waals surface area contributed by atoms with Gasteiger partial charge in [0.25, 0.3) is 0 Å². The second kappa shape index (κ2) is 11.5. The van der Waals surface area contributed by atoms with Crippen LogP contribution in [0.4, 0.5) is 5.82 Å². The maximum Gasteiger partial charge on any atom is 0.432 e. The summed E-state index contributed by atoms with van der Waals surface area (Å²) in [5, 5.41) is 2.12. The highest BCUT2D eigenvalue weighted by Crippen LogP contribution is 2.41. The van der Waals surface area contributed by atoms with E-state index in [0.717, 1.165) is 18.4 Å². The third kappa shape index (κ3) is 6.77. The number of ether oxygens (including phenoxy) is 2. The summed E-state index contributed by atoms with van der Waals surface area (Å²) >= 11 is 0. The van der Waals surface area contributed by atoms with Gasteiger partial charge >= 0.3 is 13.4 Å². The molecule has 1 saturated heterocycles. The van der Waals surface area contributed by atoms with Crippen LogP contribution < -0.4 is 16.5 Å². The number of carbonyl (C=O) groups excluding carboxylic acids is 1. The number of anilines is 1. The number of amides is 1. The fourth-order valence-electron chi connectivity index (χ4n) is 4.30. The van der Waals surface area contributed by atoms with Crippen LogP contribution in [0.3, 0.4) is 0 Å². The van der Waals surface area contributed by atoms with Crippen molar-refractivity contribution in [3.05, 3.63) is 58.6 Å². The molecule has 1 fully saturated rings. The Morgan fingerprint density at radius 1 is 1.34 bits per heavy atom. The Labute approximate surface area is 204 Å². The van der Waals surface area contributed by atoms with Gasteiger partial charge in [-0.25, -0.2) is 9.36 Å². The predicted molar refractivity (Wildman–Crippen MR) is 129 cm³/mol. The van der Waals surface area contributed by atoms with Gasteiger partial charge in [0.1, 0.15) is 12.4 Å². The summed E-state index contributed by atoms with van der Waals surface area (Å²) in [5.74, 6) is -1.04. The van der Waals surface area contributed by atoms with Gasteiger partial charge < -0.3 is 20.1 Å². The molecule has 0 radical (unpaired) electrons. The van der Waals surface area contributed by atoms with Gasteiger partial charge in [-0.05, 0) is 36.3 Å². The maximum absolute atomic E-state index is 12.8. The SMILES string of the molecule is CCC(CC)(C[C@@H](C)C(=O)NP(=O)(O)OC[C@H]1OC[C@@H](n2ccc(N)nc2=O)O1)c1ccccc1. The quantitative estimate of drug-likeness (QED) is 0.389. The van der Waals surface area contributed by atoms with E-state index in [0.29, 0.717) is 6.42 Å². The lowest BCUT2D eigenvalue weighted by Gasteiger charge is -2.34. The first-order valence-corrected chi connectivity index (χ1v) is 13.1. The van der Waals surface area contributed by atoms with Crippen molar-refractivity contribution in [3.8, 4) is 0 Å². The summed E-state index contributed by atoms with van der Waals surface area (Å²) in [7, 11) is -4.47. The van der Waals surface area contributed by atoms with Gasteiger partial charge in [0, 0.05) is 12.1 Å². The van der Waals surface area contributed by atoms with Crippen LogP contribution >= 0.6 is 7.75 Å². The number of hydrogen-bond acceptors (Lipinski definition) is 8. The molecule has 0 bridgehead atoms. The first-order chi connectivity index (χ1) is 16.6. The molecule has 11 nitrogen and oxygen atoms in total. The van der Waals surface area contributed by atoms with E-state index in [4.69, 9.17) is 19.7 Å². The minimum Gasteiger partial charge on any atom is -0.383 e. The van der Waals surface area contributed by atoms with Crippen LogP contribution in [0, 0.1) is 5.92 Å². The number of rotatable bonds is 11.